The molecule has 6 nitrogen and oxygen atoms in total. The molecule has 2 aliphatic heterocycles. The average Bonchev–Trinajstić information content (AvgIpc) is 3.03. The van der Waals surface area contributed by atoms with Gasteiger partial charge in [0, 0.05) is 32.7 Å². The second kappa shape index (κ2) is 7.21. The molecule has 2 aliphatic rings. The molecule has 2 saturated heterocycles. The van der Waals surface area contributed by atoms with E-state index in [0.717, 1.165) is 5.75 Å². The van der Waals surface area contributed by atoms with E-state index in [9.17, 15) is 9.59 Å². The van der Waals surface area contributed by atoms with Crippen molar-refractivity contribution in [3.8, 4) is 5.75 Å². The lowest BCUT2D eigenvalue weighted by Crippen LogP contribution is -2.49. The van der Waals surface area contributed by atoms with Gasteiger partial charge in [0.15, 0.2) is 0 Å². The Labute approximate surface area is 142 Å². The van der Waals surface area contributed by atoms with E-state index in [-0.39, 0.29) is 17.7 Å². The largest absolute Gasteiger partial charge is 0.493 e. The molecule has 0 aromatic heterocycles. The molecular formula is C18H24N2O4. The van der Waals surface area contributed by atoms with Gasteiger partial charge in [-0.2, -0.15) is 0 Å². The first-order chi connectivity index (χ1) is 11.7. The summed E-state index contributed by atoms with van der Waals surface area (Å²) in [7, 11) is 1.65. The van der Waals surface area contributed by atoms with Gasteiger partial charge in [-0.3, -0.25) is 9.59 Å². The lowest BCUT2D eigenvalue weighted by atomic mass is 9.73. The molecule has 3 rings (SSSR count). The normalized spacial score (nSPS) is 25.9. The summed E-state index contributed by atoms with van der Waals surface area (Å²) in [5, 5.41) is 2.76. The van der Waals surface area contributed by atoms with Crippen molar-refractivity contribution in [2.75, 3.05) is 40.0 Å². The fourth-order valence-electron chi connectivity index (χ4n) is 3.69. The number of amides is 2. The molecule has 0 bridgehead atoms. The number of carbonyl (C=O) groups excluding carboxylic acids is 2. The maximum Gasteiger partial charge on any atom is 0.228 e. The molecule has 0 unspecified atom stereocenters. The summed E-state index contributed by atoms with van der Waals surface area (Å²) in [5.41, 5.74) is -0.497. The van der Waals surface area contributed by atoms with Crippen molar-refractivity contribution >= 4 is 11.8 Å². The summed E-state index contributed by atoms with van der Waals surface area (Å²) in [6.07, 6.45) is 0.980. The third-order valence-corrected chi connectivity index (χ3v) is 5.07. The number of rotatable bonds is 5. The van der Waals surface area contributed by atoms with Crippen LogP contribution >= 0.6 is 0 Å². The van der Waals surface area contributed by atoms with Crippen LogP contribution < -0.4 is 10.1 Å². The minimum Gasteiger partial charge on any atom is -0.493 e. The van der Waals surface area contributed by atoms with Crippen molar-refractivity contribution in [3.63, 3.8) is 0 Å². The number of ether oxygens (including phenoxy) is 2. The molecular weight excluding hydrogens is 308 g/mol. The molecule has 130 valence electrons. The van der Waals surface area contributed by atoms with Gasteiger partial charge in [0.25, 0.3) is 0 Å². The van der Waals surface area contributed by atoms with Crippen LogP contribution in [-0.4, -0.2) is 56.7 Å². The SMILES string of the molecule is CNC(=O)[C@]12CCOC[C@H]1CN(C(=O)CCOc1ccccc1)C2. The predicted octanol–water partition coefficient (Wildman–Crippen LogP) is 1.07. The molecule has 0 radical (unpaired) electrons. The van der Waals surface area contributed by atoms with Crippen LogP contribution in [0.15, 0.2) is 30.3 Å². The van der Waals surface area contributed by atoms with Crippen molar-refractivity contribution in [1.29, 1.82) is 0 Å². The van der Waals surface area contributed by atoms with Crippen LogP contribution in [0, 0.1) is 11.3 Å². The fraction of sp³-hybridized carbons (Fsp3) is 0.556. The highest BCUT2D eigenvalue weighted by Gasteiger charge is 2.54. The number of nitrogens with one attached hydrogen (secondary N) is 1. The highest BCUT2D eigenvalue weighted by molar-refractivity contribution is 5.85. The van der Waals surface area contributed by atoms with E-state index in [1.165, 1.54) is 0 Å². The Bertz CT molecular complexity index is 592. The number of likely N-dealkylation sites (tertiary alicyclic amines) is 1. The summed E-state index contributed by atoms with van der Waals surface area (Å²) in [5.74, 6) is 0.885. The van der Waals surface area contributed by atoms with Crippen LogP contribution in [-0.2, 0) is 14.3 Å². The van der Waals surface area contributed by atoms with Crippen molar-refractivity contribution in [2.24, 2.45) is 11.3 Å². The quantitative estimate of drug-likeness (QED) is 0.876. The van der Waals surface area contributed by atoms with E-state index in [1.807, 2.05) is 30.3 Å². The zero-order valence-corrected chi connectivity index (χ0v) is 14.0. The van der Waals surface area contributed by atoms with Crippen LogP contribution in [0.5, 0.6) is 5.75 Å². The number of hydrogen-bond donors (Lipinski definition) is 1. The van der Waals surface area contributed by atoms with Gasteiger partial charge in [0.2, 0.25) is 11.8 Å². The molecule has 1 N–H and O–H groups in total. The van der Waals surface area contributed by atoms with Gasteiger partial charge in [-0.05, 0) is 18.6 Å². The predicted molar refractivity (Wildman–Crippen MR) is 88.6 cm³/mol. The van der Waals surface area contributed by atoms with E-state index >= 15 is 0 Å². The first-order valence-electron chi connectivity index (χ1n) is 8.41. The standard InChI is InChI=1S/C18H24N2O4/c1-19-17(22)18-8-10-23-12-14(18)11-20(13-18)16(21)7-9-24-15-5-3-2-4-6-15/h2-6,14H,7-13H2,1H3,(H,19,22)/t14-,18+/m1/s1. The van der Waals surface area contributed by atoms with Crippen LogP contribution in [0.2, 0.25) is 0 Å². The van der Waals surface area contributed by atoms with Gasteiger partial charge < -0.3 is 19.7 Å². The summed E-state index contributed by atoms with van der Waals surface area (Å²) < 4.78 is 11.1. The van der Waals surface area contributed by atoms with Crippen molar-refractivity contribution in [2.45, 2.75) is 12.8 Å². The zero-order valence-electron chi connectivity index (χ0n) is 14.0. The number of benzene rings is 1. The molecule has 0 aliphatic carbocycles. The molecule has 2 atom stereocenters. The summed E-state index contributed by atoms with van der Waals surface area (Å²) in [6, 6.07) is 9.45. The smallest absolute Gasteiger partial charge is 0.228 e. The van der Waals surface area contributed by atoms with Gasteiger partial charge in [-0.25, -0.2) is 0 Å². The second-order valence-electron chi connectivity index (χ2n) is 6.44. The van der Waals surface area contributed by atoms with Gasteiger partial charge in [0.1, 0.15) is 5.75 Å². The third-order valence-electron chi connectivity index (χ3n) is 5.07. The molecule has 1 aromatic rings. The minimum atomic E-state index is -0.497. The van der Waals surface area contributed by atoms with E-state index in [1.54, 1.807) is 11.9 Å². The second-order valence-corrected chi connectivity index (χ2v) is 6.44. The highest BCUT2D eigenvalue weighted by atomic mass is 16.5. The molecule has 1 aromatic carbocycles. The maximum atomic E-state index is 12.5. The van der Waals surface area contributed by atoms with Gasteiger partial charge in [0.05, 0.1) is 25.0 Å². The Morgan fingerprint density at radius 2 is 2.17 bits per heavy atom. The first kappa shape index (κ1) is 16.8. The van der Waals surface area contributed by atoms with Crippen LogP contribution in [0.4, 0.5) is 0 Å². The number of hydrogen-bond acceptors (Lipinski definition) is 4. The maximum absolute atomic E-state index is 12.5. The van der Waals surface area contributed by atoms with Crippen LogP contribution in [0.1, 0.15) is 12.8 Å². The van der Waals surface area contributed by atoms with E-state index < -0.39 is 5.41 Å². The molecule has 2 amide bonds. The Hall–Kier alpha value is -2.08. The Morgan fingerprint density at radius 3 is 2.92 bits per heavy atom. The van der Waals surface area contributed by atoms with Gasteiger partial charge >= 0.3 is 0 Å². The zero-order chi connectivity index (χ0) is 17.0. The Balaban J connectivity index is 1.57. The van der Waals surface area contributed by atoms with Crippen molar-refractivity contribution < 1.29 is 19.1 Å². The number of nitrogens with zero attached hydrogens (tertiary/aromatic N) is 1. The third kappa shape index (κ3) is 3.24. The van der Waals surface area contributed by atoms with Crippen LogP contribution in [0.25, 0.3) is 0 Å². The molecule has 2 fully saturated rings. The lowest BCUT2D eigenvalue weighted by Gasteiger charge is -2.36. The summed E-state index contributed by atoms with van der Waals surface area (Å²) >= 11 is 0. The summed E-state index contributed by atoms with van der Waals surface area (Å²) in [4.78, 5) is 26.7. The molecule has 24 heavy (non-hydrogen) atoms. The number of para-hydroxylation sites is 1. The highest BCUT2D eigenvalue weighted by Crippen LogP contribution is 2.42. The van der Waals surface area contributed by atoms with E-state index in [0.29, 0.717) is 45.8 Å². The topological polar surface area (TPSA) is 67.9 Å². The molecule has 6 heteroatoms. The first-order valence-corrected chi connectivity index (χ1v) is 8.41. The minimum absolute atomic E-state index is 0.0200. The molecule has 0 spiro atoms. The Morgan fingerprint density at radius 1 is 1.38 bits per heavy atom. The number of fused-ring (bicyclic) bond motifs is 1. The monoisotopic (exact) mass is 332 g/mol. The van der Waals surface area contributed by atoms with Gasteiger partial charge in [-0.15, -0.1) is 0 Å². The Kier molecular flexibility index (Phi) is 5.04. The van der Waals surface area contributed by atoms with Crippen molar-refractivity contribution in [1.82, 2.24) is 10.2 Å². The van der Waals surface area contributed by atoms with Crippen molar-refractivity contribution in [3.05, 3.63) is 30.3 Å². The molecule has 0 saturated carbocycles. The molecule has 2 heterocycles. The number of carbonyl (C=O) groups is 2. The lowest BCUT2D eigenvalue weighted by molar-refractivity contribution is -0.139. The summed E-state index contributed by atoms with van der Waals surface area (Å²) in [6.45, 7) is 2.51. The van der Waals surface area contributed by atoms with E-state index in [4.69, 9.17) is 9.47 Å². The van der Waals surface area contributed by atoms with E-state index in [2.05, 4.69) is 5.32 Å². The fourth-order valence-corrected chi connectivity index (χ4v) is 3.69. The van der Waals surface area contributed by atoms with Crippen LogP contribution in [0.3, 0.4) is 0 Å². The average molecular weight is 332 g/mol. The van der Waals surface area contributed by atoms with Gasteiger partial charge in [-0.1, -0.05) is 18.2 Å².